The van der Waals surface area contributed by atoms with Crippen LogP contribution in [0, 0.1) is 0 Å². The summed E-state index contributed by atoms with van der Waals surface area (Å²) in [7, 11) is 0. The summed E-state index contributed by atoms with van der Waals surface area (Å²) in [5, 5.41) is 0. The van der Waals surface area contributed by atoms with Gasteiger partial charge in [0.25, 0.3) is 0 Å². The lowest BCUT2D eigenvalue weighted by atomic mass is 10.00. The number of hydrogen-bond acceptors (Lipinski definition) is 2. The second-order valence-corrected chi connectivity index (χ2v) is 6.80. The van der Waals surface area contributed by atoms with Gasteiger partial charge in [-0.1, -0.05) is 44.0 Å². The van der Waals surface area contributed by atoms with Crippen LogP contribution in [0.3, 0.4) is 0 Å². The van der Waals surface area contributed by atoms with Gasteiger partial charge in [0.1, 0.15) is 5.75 Å². The minimum atomic E-state index is -0.156. The van der Waals surface area contributed by atoms with Crippen molar-refractivity contribution in [1.29, 1.82) is 0 Å². The first-order valence-corrected chi connectivity index (χ1v) is 8.19. The molecule has 2 N–H and O–H groups in total. The van der Waals surface area contributed by atoms with Gasteiger partial charge in [0.2, 0.25) is 0 Å². The largest absolute Gasteiger partial charge is 0.490 e. The van der Waals surface area contributed by atoms with E-state index in [1.165, 1.54) is 12.8 Å². The van der Waals surface area contributed by atoms with Crippen molar-refractivity contribution >= 4 is 31.9 Å². The second kappa shape index (κ2) is 5.88. The Hall–Kier alpha value is -0.840. The van der Waals surface area contributed by atoms with Crippen LogP contribution in [0.2, 0.25) is 0 Å². The van der Waals surface area contributed by atoms with Crippen molar-refractivity contribution < 1.29 is 4.74 Å². The molecule has 0 spiro atoms. The van der Waals surface area contributed by atoms with Gasteiger partial charge in [-0.05, 0) is 54.3 Å². The van der Waals surface area contributed by atoms with Gasteiger partial charge in [-0.25, -0.2) is 0 Å². The third kappa shape index (κ3) is 3.25. The Bertz CT molecular complexity index is 608. The molecule has 0 radical (unpaired) electrons. The number of ether oxygens (including phenoxy) is 1. The van der Waals surface area contributed by atoms with Crippen LogP contribution < -0.4 is 10.5 Å². The van der Waals surface area contributed by atoms with E-state index >= 15 is 0 Å². The number of nitrogens with two attached hydrogens (primary N) is 1. The van der Waals surface area contributed by atoms with Crippen molar-refractivity contribution in [2.75, 3.05) is 0 Å². The van der Waals surface area contributed by atoms with Crippen LogP contribution in [0.1, 0.15) is 30.0 Å². The molecule has 20 heavy (non-hydrogen) atoms. The third-order valence-electron chi connectivity index (χ3n) is 3.36. The Morgan fingerprint density at radius 1 is 1.05 bits per heavy atom. The van der Waals surface area contributed by atoms with Crippen LogP contribution in [-0.2, 0) is 0 Å². The molecule has 0 saturated heterocycles. The third-order valence-corrected chi connectivity index (χ3v) is 4.57. The van der Waals surface area contributed by atoms with E-state index in [0.29, 0.717) is 6.10 Å². The van der Waals surface area contributed by atoms with Gasteiger partial charge in [0.05, 0.1) is 12.1 Å². The summed E-state index contributed by atoms with van der Waals surface area (Å²) in [4.78, 5) is 0. The normalized spacial score (nSPS) is 15.9. The second-order valence-electron chi connectivity index (χ2n) is 5.03. The predicted molar refractivity (Wildman–Crippen MR) is 88.0 cm³/mol. The van der Waals surface area contributed by atoms with E-state index in [4.69, 9.17) is 10.5 Å². The number of halogens is 2. The Balaban J connectivity index is 1.81. The van der Waals surface area contributed by atoms with Gasteiger partial charge < -0.3 is 10.5 Å². The Morgan fingerprint density at radius 3 is 2.40 bits per heavy atom. The molecule has 0 aliphatic heterocycles. The van der Waals surface area contributed by atoms with Gasteiger partial charge in [-0.15, -0.1) is 0 Å². The quantitative estimate of drug-likeness (QED) is 0.805. The zero-order chi connectivity index (χ0) is 14.1. The molecule has 1 aliphatic rings. The fourth-order valence-corrected chi connectivity index (χ4v) is 2.94. The fraction of sp³-hybridized carbons (Fsp3) is 0.250. The smallest absolute Gasteiger partial charge is 0.119 e. The molecule has 4 heteroatoms. The van der Waals surface area contributed by atoms with E-state index < -0.39 is 0 Å². The molecule has 104 valence electrons. The molecule has 0 aromatic heterocycles. The zero-order valence-corrected chi connectivity index (χ0v) is 14.0. The average Bonchev–Trinajstić information content (AvgIpc) is 3.26. The van der Waals surface area contributed by atoms with Crippen molar-refractivity contribution in [1.82, 2.24) is 0 Å². The van der Waals surface area contributed by atoms with Crippen molar-refractivity contribution in [3.05, 3.63) is 62.5 Å². The lowest BCUT2D eigenvalue weighted by Crippen LogP contribution is -2.12. The maximum Gasteiger partial charge on any atom is 0.119 e. The SMILES string of the molecule is NC(c1ccc(OC2CC2)cc1)c1cc(Br)ccc1Br. The molecule has 1 fully saturated rings. The Kier molecular flexibility index (Phi) is 4.15. The summed E-state index contributed by atoms with van der Waals surface area (Å²) >= 11 is 7.04. The molecule has 1 unspecified atom stereocenters. The van der Waals surface area contributed by atoms with E-state index in [9.17, 15) is 0 Å². The van der Waals surface area contributed by atoms with Gasteiger partial charge in [0, 0.05) is 8.95 Å². The lowest BCUT2D eigenvalue weighted by Gasteiger charge is -2.15. The van der Waals surface area contributed by atoms with E-state index in [2.05, 4.69) is 31.9 Å². The first-order valence-electron chi connectivity index (χ1n) is 6.60. The lowest BCUT2D eigenvalue weighted by molar-refractivity contribution is 0.303. The van der Waals surface area contributed by atoms with E-state index in [1.807, 2.05) is 42.5 Å². The van der Waals surface area contributed by atoms with Gasteiger partial charge in [0.15, 0.2) is 0 Å². The topological polar surface area (TPSA) is 35.2 Å². The number of hydrogen-bond donors (Lipinski definition) is 1. The molecular weight excluding hydrogens is 382 g/mol. The van der Waals surface area contributed by atoms with Crippen LogP contribution in [-0.4, -0.2) is 6.10 Å². The van der Waals surface area contributed by atoms with Crippen LogP contribution in [0.4, 0.5) is 0 Å². The summed E-state index contributed by atoms with van der Waals surface area (Å²) in [6.45, 7) is 0. The van der Waals surface area contributed by atoms with Crippen LogP contribution in [0.25, 0.3) is 0 Å². The molecular formula is C16H15Br2NO. The highest BCUT2D eigenvalue weighted by Gasteiger charge is 2.23. The molecule has 1 aliphatic carbocycles. The summed E-state index contributed by atoms with van der Waals surface area (Å²) in [5.41, 5.74) is 8.50. The maximum atomic E-state index is 6.36. The van der Waals surface area contributed by atoms with E-state index in [-0.39, 0.29) is 6.04 Å². The highest BCUT2D eigenvalue weighted by atomic mass is 79.9. The Morgan fingerprint density at radius 2 is 1.75 bits per heavy atom. The van der Waals surface area contributed by atoms with E-state index in [0.717, 1.165) is 25.8 Å². The summed E-state index contributed by atoms with van der Waals surface area (Å²) < 4.78 is 7.80. The maximum absolute atomic E-state index is 6.36. The van der Waals surface area contributed by atoms with Crippen molar-refractivity contribution in [2.45, 2.75) is 25.0 Å². The van der Waals surface area contributed by atoms with E-state index in [1.54, 1.807) is 0 Å². The molecule has 0 amide bonds. The number of rotatable bonds is 4. The first kappa shape index (κ1) is 14.1. The van der Waals surface area contributed by atoms with Crippen molar-refractivity contribution in [3.8, 4) is 5.75 Å². The molecule has 2 nitrogen and oxygen atoms in total. The monoisotopic (exact) mass is 395 g/mol. The highest BCUT2D eigenvalue weighted by molar-refractivity contribution is 9.11. The molecule has 0 bridgehead atoms. The van der Waals surface area contributed by atoms with Gasteiger partial charge >= 0.3 is 0 Å². The molecule has 1 saturated carbocycles. The minimum Gasteiger partial charge on any atom is -0.490 e. The molecule has 2 aromatic rings. The Labute approximate surface area is 135 Å². The summed E-state index contributed by atoms with van der Waals surface area (Å²) in [6, 6.07) is 14.0. The van der Waals surface area contributed by atoms with Gasteiger partial charge in [-0.2, -0.15) is 0 Å². The van der Waals surface area contributed by atoms with Crippen LogP contribution in [0.5, 0.6) is 5.75 Å². The summed E-state index contributed by atoms with van der Waals surface area (Å²) in [5.74, 6) is 0.928. The first-order chi connectivity index (χ1) is 9.63. The summed E-state index contributed by atoms with van der Waals surface area (Å²) in [6.07, 6.45) is 2.77. The average molecular weight is 397 g/mol. The molecule has 0 heterocycles. The molecule has 1 atom stereocenters. The van der Waals surface area contributed by atoms with Crippen LogP contribution in [0.15, 0.2) is 51.4 Å². The van der Waals surface area contributed by atoms with Crippen molar-refractivity contribution in [3.63, 3.8) is 0 Å². The predicted octanol–water partition coefficient (Wildman–Crippen LogP) is 4.80. The molecule has 2 aromatic carbocycles. The standard InChI is InChI=1S/C16H15Br2NO/c17-11-3-8-15(18)14(9-11)16(19)10-1-4-12(5-2-10)20-13-6-7-13/h1-5,8-9,13,16H,6-7,19H2. The zero-order valence-electron chi connectivity index (χ0n) is 10.9. The molecule has 3 rings (SSSR count). The highest BCUT2D eigenvalue weighted by Crippen LogP contribution is 2.31. The van der Waals surface area contributed by atoms with Crippen LogP contribution >= 0.6 is 31.9 Å². The van der Waals surface area contributed by atoms with Gasteiger partial charge in [-0.3, -0.25) is 0 Å². The fourth-order valence-electron chi connectivity index (χ4n) is 2.06. The minimum absolute atomic E-state index is 0.156. The van der Waals surface area contributed by atoms with Crippen molar-refractivity contribution in [2.24, 2.45) is 5.73 Å². The number of benzene rings is 2.